The minimum atomic E-state index is -0.941. The first-order valence-electron chi connectivity index (χ1n) is 10.5. The number of nitrogens with one attached hydrogen (secondary N) is 1. The lowest BCUT2D eigenvalue weighted by Crippen LogP contribution is -2.17. The first-order valence-corrected chi connectivity index (χ1v) is 11.4. The minimum Gasteiger partial charge on any atom is -0.493 e. The van der Waals surface area contributed by atoms with Crippen molar-refractivity contribution in [2.45, 2.75) is 58.0 Å². The summed E-state index contributed by atoms with van der Waals surface area (Å²) >= 11 is 1.19. The van der Waals surface area contributed by atoms with Gasteiger partial charge in [0, 0.05) is 0 Å². The number of carbonyl (C=O) groups is 1. The number of nitrogens with zero attached hydrogens (tertiary/aromatic N) is 1. The van der Waals surface area contributed by atoms with Crippen LogP contribution in [0.1, 0.15) is 71.6 Å². The van der Waals surface area contributed by atoms with E-state index in [4.69, 9.17) is 0 Å². The van der Waals surface area contributed by atoms with E-state index >= 15 is 0 Å². The Morgan fingerprint density at radius 1 is 1.13 bits per heavy atom. The maximum absolute atomic E-state index is 12.4. The number of rotatable bonds is 11. The Kier molecular flexibility index (Phi) is 7.70. The molecule has 7 nitrogen and oxygen atoms in total. The Labute approximate surface area is 184 Å². The molecule has 1 aromatic carbocycles. The van der Waals surface area contributed by atoms with E-state index < -0.39 is 17.8 Å². The number of aromatic amines is 1. The molecule has 31 heavy (non-hydrogen) atoms. The highest BCUT2D eigenvalue weighted by Crippen LogP contribution is 2.24. The predicted octanol–water partition coefficient (Wildman–Crippen LogP) is 4.42. The molecule has 1 atom stereocenters. The Bertz CT molecular complexity index is 1060. The highest BCUT2D eigenvalue weighted by molar-refractivity contribution is 7.12. The summed E-state index contributed by atoms with van der Waals surface area (Å²) in [5.41, 5.74) is 2.16. The number of aromatic nitrogens is 2. The molecule has 0 saturated heterocycles. The average molecular weight is 445 g/mol. The van der Waals surface area contributed by atoms with Gasteiger partial charge in [0.25, 0.3) is 0 Å². The van der Waals surface area contributed by atoms with Crippen molar-refractivity contribution in [1.29, 1.82) is 0 Å². The molecule has 0 spiro atoms. The SMILES string of the molecule is CCCCCC(O)c1ccc(-n2c(CCCc3ccsc3C(=O)O)c(O)[nH]c2=O)cc1. The third kappa shape index (κ3) is 5.45. The molecule has 1 unspecified atom stereocenters. The molecule has 3 aromatic rings. The Morgan fingerprint density at radius 3 is 2.55 bits per heavy atom. The lowest BCUT2D eigenvalue weighted by molar-refractivity contribution is 0.0701. The zero-order valence-corrected chi connectivity index (χ0v) is 18.3. The summed E-state index contributed by atoms with van der Waals surface area (Å²) in [7, 11) is 0. The monoisotopic (exact) mass is 444 g/mol. The number of H-pyrrole nitrogens is 1. The van der Waals surface area contributed by atoms with Gasteiger partial charge < -0.3 is 15.3 Å². The summed E-state index contributed by atoms with van der Waals surface area (Å²) in [5, 5.41) is 31.5. The number of benzene rings is 1. The molecule has 0 aliphatic rings. The summed E-state index contributed by atoms with van der Waals surface area (Å²) < 4.78 is 1.42. The fourth-order valence-electron chi connectivity index (χ4n) is 3.73. The lowest BCUT2D eigenvalue weighted by atomic mass is 10.0. The van der Waals surface area contributed by atoms with Gasteiger partial charge in [-0.25, -0.2) is 9.59 Å². The van der Waals surface area contributed by atoms with Gasteiger partial charge in [-0.3, -0.25) is 9.55 Å². The Morgan fingerprint density at radius 2 is 1.87 bits per heavy atom. The molecule has 0 aliphatic carbocycles. The fourth-order valence-corrected chi connectivity index (χ4v) is 4.52. The van der Waals surface area contributed by atoms with E-state index in [2.05, 4.69) is 11.9 Å². The number of carboxylic acids is 1. The number of carboxylic acid groups (broad SMARTS) is 1. The van der Waals surface area contributed by atoms with Gasteiger partial charge in [0.2, 0.25) is 5.88 Å². The molecule has 3 rings (SSSR count). The number of thiophene rings is 1. The van der Waals surface area contributed by atoms with Crippen LogP contribution in [0.15, 0.2) is 40.5 Å². The maximum atomic E-state index is 12.4. The van der Waals surface area contributed by atoms with E-state index in [1.54, 1.807) is 35.7 Å². The van der Waals surface area contributed by atoms with Gasteiger partial charge in [-0.2, -0.15) is 0 Å². The number of imidazole rings is 1. The van der Waals surface area contributed by atoms with Crippen molar-refractivity contribution in [3.8, 4) is 11.6 Å². The largest absolute Gasteiger partial charge is 0.493 e. The van der Waals surface area contributed by atoms with Crippen molar-refractivity contribution < 1.29 is 20.1 Å². The molecule has 166 valence electrons. The second-order valence-electron chi connectivity index (χ2n) is 7.60. The first kappa shape index (κ1) is 22.8. The third-order valence-corrected chi connectivity index (χ3v) is 6.33. The Hall–Kier alpha value is -2.84. The predicted molar refractivity (Wildman–Crippen MR) is 120 cm³/mol. The van der Waals surface area contributed by atoms with Crippen molar-refractivity contribution in [1.82, 2.24) is 9.55 Å². The van der Waals surface area contributed by atoms with Crippen LogP contribution in [0.4, 0.5) is 0 Å². The molecule has 0 aliphatic heterocycles. The number of hydrogen-bond donors (Lipinski definition) is 4. The van der Waals surface area contributed by atoms with Crippen LogP contribution in [-0.2, 0) is 12.8 Å². The summed E-state index contributed by atoms with van der Waals surface area (Å²) in [6.07, 6.45) is 4.82. The number of aromatic carboxylic acids is 1. The van der Waals surface area contributed by atoms with Crippen LogP contribution in [-0.4, -0.2) is 30.8 Å². The van der Waals surface area contributed by atoms with Crippen molar-refractivity contribution in [2.24, 2.45) is 0 Å². The van der Waals surface area contributed by atoms with Crippen LogP contribution < -0.4 is 5.69 Å². The zero-order chi connectivity index (χ0) is 22.4. The third-order valence-electron chi connectivity index (χ3n) is 5.39. The Balaban J connectivity index is 1.73. The van der Waals surface area contributed by atoms with Crippen LogP contribution in [0, 0.1) is 0 Å². The van der Waals surface area contributed by atoms with Crippen LogP contribution >= 0.6 is 11.3 Å². The van der Waals surface area contributed by atoms with E-state index in [0.29, 0.717) is 41.9 Å². The highest BCUT2D eigenvalue weighted by Gasteiger charge is 2.17. The molecule has 4 N–H and O–H groups in total. The lowest BCUT2D eigenvalue weighted by Gasteiger charge is -2.12. The molecule has 0 radical (unpaired) electrons. The van der Waals surface area contributed by atoms with E-state index in [1.165, 1.54) is 15.9 Å². The van der Waals surface area contributed by atoms with Crippen LogP contribution in [0.25, 0.3) is 5.69 Å². The van der Waals surface area contributed by atoms with Crippen molar-refractivity contribution in [2.75, 3.05) is 0 Å². The molecule has 0 saturated carbocycles. The highest BCUT2D eigenvalue weighted by atomic mass is 32.1. The van der Waals surface area contributed by atoms with Crippen LogP contribution in [0.5, 0.6) is 5.88 Å². The van der Waals surface area contributed by atoms with E-state index in [0.717, 1.165) is 30.4 Å². The van der Waals surface area contributed by atoms with E-state index in [1.807, 2.05) is 0 Å². The number of hydrogen-bond acceptors (Lipinski definition) is 5. The summed E-state index contributed by atoms with van der Waals surface area (Å²) in [5.74, 6) is -1.12. The van der Waals surface area contributed by atoms with Crippen molar-refractivity contribution in [3.05, 3.63) is 67.9 Å². The molecule has 2 heterocycles. The number of unbranched alkanes of at least 4 members (excludes halogenated alkanes) is 2. The average Bonchev–Trinajstić information content (AvgIpc) is 3.32. The van der Waals surface area contributed by atoms with Gasteiger partial charge in [0.05, 0.1) is 17.5 Å². The van der Waals surface area contributed by atoms with Crippen molar-refractivity contribution >= 4 is 17.3 Å². The molecular weight excluding hydrogens is 416 g/mol. The zero-order valence-electron chi connectivity index (χ0n) is 17.5. The fraction of sp³-hybridized carbons (Fsp3) is 0.391. The van der Waals surface area contributed by atoms with E-state index in [-0.39, 0.29) is 5.88 Å². The van der Waals surface area contributed by atoms with Crippen LogP contribution in [0.2, 0.25) is 0 Å². The molecule has 8 heteroatoms. The second-order valence-corrected chi connectivity index (χ2v) is 8.51. The molecular formula is C23H28N2O5S. The van der Waals surface area contributed by atoms with Gasteiger partial charge in [0.15, 0.2) is 0 Å². The number of aliphatic hydroxyl groups excluding tert-OH is 1. The summed E-state index contributed by atoms with van der Waals surface area (Å²) in [4.78, 5) is 26.4. The minimum absolute atomic E-state index is 0.183. The van der Waals surface area contributed by atoms with Crippen LogP contribution in [0.3, 0.4) is 0 Å². The maximum Gasteiger partial charge on any atom is 0.346 e. The summed E-state index contributed by atoms with van der Waals surface area (Å²) in [6, 6.07) is 8.92. The molecule has 2 aromatic heterocycles. The van der Waals surface area contributed by atoms with Gasteiger partial charge in [0.1, 0.15) is 4.88 Å². The number of aromatic hydroxyl groups is 1. The van der Waals surface area contributed by atoms with Gasteiger partial charge >= 0.3 is 11.7 Å². The molecule has 0 fully saturated rings. The smallest absolute Gasteiger partial charge is 0.346 e. The van der Waals surface area contributed by atoms with Gasteiger partial charge in [-0.15, -0.1) is 11.3 Å². The second kappa shape index (κ2) is 10.5. The number of aryl methyl sites for hydroxylation is 1. The van der Waals surface area contributed by atoms with E-state index in [9.17, 15) is 24.9 Å². The molecule has 0 amide bonds. The van der Waals surface area contributed by atoms with Gasteiger partial charge in [-0.1, -0.05) is 38.3 Å². The summed E-state index contributed by atoms with van der Waals surface area (Å²) in [6.45, 7) is 2.12. The normalized spacial score (nSPS) is 12.2. The number of aliphatic hydroxyl groups is 1. The van der Waals surface area contributed by atoms with Crippen molar-refractivity contribution in [3.63, 3.8) is 0 Å². The topological polar surface area (TPSA) is 116 Å². The quantitative estimate of drug-likeness (QED) is 0.327. The molecule has 0 bridgehead atoms. The standard InChI is InChI=1S/C23H28N2O5S/c1-2-3-4-8-19(26)15-9-11-17(12-10-15)25-18(21(27)24-23(25)30)7-5-6-16-13-14-31-20(16)22(28)29/h9-14,19,26-27H,2-8H2,1H3,(H,24,30)(H,28,29). The first-order chi connectivity index (χ1) is 14.9. The van der Waals surface area contributed by atoms with Gasteiger partial charge in [-0.05, 0) is 60.4 Å².